The molecule has 0 saturated heterocycles. The van der Waals surface area contributed by atoms with E-state index >= 15 is 0 Å². The molecule has 0 bridgehead atoms. The minimum absolute atomic E-state index is 0. The molecule has 2 amide bonds. The molecule has 3 aromatic rings. The van der Waals surface area contributed by atoms with Gasteiger partial charge < -0.3 is 21.5 Å². The number of aromatic nitrogens is 1. The standard InChI is InChI=1S/C22H20ClN5O4.ClH/c23-16-7-15(8-17(10-16)28-6-2-1-3-20(28)30)22(31)27-11-14-5-4-13(21(25)26)9-18(14)32-12-19(24)29;/h1-10H,11-12H2,(H2,24,29)(H3,25,26)(H,27,31);1H. The first-order chi connectivity index (χ1) is 15.2. The van der Waals surface area contributed by atoms with Crippen LogP contribution in [0.4, 0.5) is 0 Å². The van der Waals surface area contributed by atoms with E-state index in [-0.39, 0.29) is 48.3 Å². The van der Waals surface area contributed by atoms with Crippen molar-refractivity contribution in [2.45, 2.75) is 6.54 Å². The van der Waals surface area contributed by atoms with Crippen LogP contribution in [0.1, 0.15) is 21.5 Å². The normalized spacial score (nSPS) is 10.1. The van der Waals surface area contributed by atoms with E-state index in [1.165, 1.54) is 22.8 Å². The Morgan fingerprint density at radius 1 is 1.06 bits per heavy atom. The zero-order chi connectivity index (χ0) is 23.3. The first-order valence-electron chi connectivity index (χ1n) is 9.40. The fourth-order valence-electron chi connectivity index (χ4n) is 2.91. The molecule has 0 fully saturated rings. The van der Waals surface area contributed by atoms with Gasteiger partial charge >= 0.3 is 0 Å². The SMILES string of the molecule is Cl.N=C(N)c1ccc(CNC(=O)c2cc(Cl)cc(-n3ccccc3=O)c2)c(OCC(N)=O)c1. The van der Waals surface area contributed by atoms with Crippen LogP contribution in [0.5, 0.6) is 5.75 Å². The summed E-state index contributed by atoms with van der Waals surface area (Å²) in [7, 11) is 0. The van der Waals surface area contributed by atoms with Gasteiger partial charge in [-0.1, -0.05) is 29.8 Å². The highest BCUT2D eigenvalue weighted by Gasteiger charge is 2.13. The van der Waals surface area contributed by atoms with Crippen LogP contribution in [0.15, 0.2) is 65.6 Å². The molecular weight excluding hydrogens is 469 g/mol. The molecule has 0 atom stereocenters. The van der Waals surface area contributed by atoms with Gasteiger partial charge in [0.05, 0.1) is 5.69 Å². The molecule has 2 aromatic carbocycles. The Morgan fingerprint density at radius 2 is 1.82 bits per heavy atom. The van der Waals surface area contributed by atoms with Gasteiger partial charge in [-0.2, -0.15) is 0 Å². The molecule has 6 N–H and O–H groups in total. The van der Waals surface area contributed by atoms with Crippen molar-refractivity contribution in [1.82, 2.24) is 9.88 Å². The fourth-order valence-corrected chi connectivity index (χ4v) is 3.14. The monoisotopic (exact) mass is 489 g/mol. The lowest BCUT2D eigenvalue weighted by Crippen LogP contribution is -2.25. The van der Waals surface area contributed by atoms with Crippen LogP contribution < -0.4 is 27.1 Å². The third kappa shape index (κ3) is 6.58. The number of halogens is 2. The summed E-state index contributed by atoms with van der Waals surface area (Å²) in [4.78, 5) is 35.9. The van der Waals surface area contributed by atoms with Crippen LogP contribution in [-0.4, -0.2) is 28.8 Å². The van der Waals surface area contributed by atoms with Gasteiger partial charge in [0, 0.05) is 40.5 Å². The van der Waals surface area contributed by atoms with Gasteiger partial charge in [-0.15, -0.1) is 12.4 Å². The van der Waals surface area contributed by atoms with Crippen molar-refractivity contribution in [1.29, 1.82) is 5.41 Å². The summed E-state index contributed by atoms with van der Waals surface area (Å²) in [6.45, 7) is -0.315. The van der Waals surface area contributed by atoms with Crippen molar-refractivity contribution in [3.8, 4) is 11.4 Å². The number of amidine groups is 1. The third-order valence-corrected chi connectivity index (χ3v) is 4.65. The molecule has 0 spiro atoms. The summed E-state index contributed by atoms with van der Waals surface area (Å²) in [5.41, 5.74) is 12.0. The van der Waals surface area contributed by atoms with E-state index in [2.05, 4.69) is 5.32 Å². The van der Waals surface area contributed by atoms with Crippen molar-refractivity contribution in [2.24, 2.45) is 11.5 Å². The van der Waals surface area contributed by atoms with Gasteiger partial charge in [0.15, 0.2) is 6.61 Å². The maximum absolute atomic E-state index is 12.8. The number of amides is 2. The molecule has 0 aliphatic heterocycles. The van der Waals surface area contributed by atoms with E-state index in [0.717, 1.165) is 0 Å². The molecule has 33 heavy (non-hydrogen) atoms. The number of nitrogens with two attached hydrogens (primary N) is 2. The van der Waals surface area contributed by atoms with Crippen LogP contribution in [0, 0.1) is 5.41 Å². The zero-order valence-corrected chi connectivity index (χ0v) is 18.8. The van der Waals surface area contributed by atoms with Gasteiger partial charge in [0.2, 0.25) is 0 Å². The van der Waals surface area contributed by atoms with Gasteiger partial charge in [0.1, 0.15) is 11.6 Å². The Kier molecular flexibility index (Phi) is 8.61. The highest BCUT2D eigenvalue weighted by atomic mass is 35.5. The van der Waals surface area contributed by atoms with Crippen molar-refractivity contribution in [3.05, 3.63) is 92.9 Å². The molecule has 0 aliphatic carbocycles. The molecule has 9 nitrogen and oxygen atoms in total. The average molecular weight is 490 g/mol. The van der Waals surface area contributed by atoms with E-state index in [1.54, 1.807) is 42.6 Å². The lowest BCUT2D eigenvalue weighted by Gasteiger charge is -2.14. The van der Waals surface area contributed by atoms with Crippen molar-refractivity contribution in [2.75, 3.05) is 6.61 Å². The predicted octanol–water partition coefficient (Wildman–Crippen LogP) is 1.99. The second-order valence-electron chi connectivity index (χ2n) is 6.78. The number of carbonyl (C=O) groups is 2. The summed E-state index contributed by atoms with van der Waals surface area (Å²) < 4.78 is 6.77. The van der Waals surface area contributed by atoms with E-state index < -0.39 is 11.8 Å². The molecule has 0 aliphatic rings. The number of pyridine rings is 1. The second-order valence-corrected chi connectivity index (χ2v) is 7.22. The minimum atomic E-state index is -0.671. The summed E-state index contributed by atoms with van der Waals surface area (Å²) in [6, 6.07) is 14.0. The van der Waals surface area contributed by atoms with Crippen LogP contribution in [0.3, 0.4) is 0 Å². The van der Waals surface area contributed by atoms with Crippen molar-refractivity contribution in [3.63, 3.8) is 0 Å². The van der Waals surface area contributed by atoms with Crippen LogP contribution in [0.2, 0.25) is 5.02 Å². The number of carbonyl (C=O) groups excluding carboxylic acids is 2. The number of nitrogens with one attached hydrogen (secondary N) is 2. The molecular formula is C22H21Cl2N5O4. The van der Waals surface area contributed by atoms with E-state index in [1.807, 2.05) is 0 Å². The number of benzene rings is 2. The summed E-state index contributed by atoms with van der Waals surface area (Å²) in [5, 5.41) is 10.6. The quantitative estimate of drug-likeness (QED) is 0.281. The van der Waals surface area contributed by atoms with Gasteiger partial charge in [-0.3, -0.25) is 24.4 Å². The number of rotatable bonds is 8. The number of hydrogen-bond donors (Lipinski definition) is 4. The Hall–Kier alpha value is -3.82. The predicted molar refractivity (Wildman–Crippen MR) is 128 cm³/mol. The summed E-state index contributed by atoms with van der Waals surface area (Å²) >= 11 is 6.17. The summed E-state index contributed by atoms with van der Waals surface area (Å²) in [5.74, 6) is -1.02. The lowest BCUT2D eigenvalue weighted by atomic mass is 10.1. The van der Waals surface area contributed by atoms with E-state index in [4.69, 9.17) is 33.2 Å². The molecule has 1 aromatic heterocycles. The number of nitrogens with zero attached hydrogens (tertiary/aromatic N) is 1. The molecule has 0 unspecified atom stereocenters. The first-order valence-corrected chi connectivity index (χ1v) is 9.77. The Balaban J connectivity index is 0.00000385. The average Bonchev–Trinajstić information content (AvgIpc) is 2.76. The Bertz CT molecular complexity index is 1260. The topological polar surface area (TPSA) is 153 Å². The largest absolute Gasteiger partial charge is 0.483 e. The molecule has 172 valence electrons. The Labute approximate surface area is 200 Å². The van der Waals surface area contributed by atoms with E-state index in [9.17, 15) is 14.4 Å². The van der Waals surface area contributed by atoms with Crippen molar-refractivity contribution < 1.29 is 14.3 Å². The number of primary amides is 1. The minimum Gasteiger partial charge on any atom is -0.483 e. The maximum atomic E-state index is 12.8. The summed E-state index contributed by atoms with van der Waals surface area (Å²) in [6.07, 6.45) is 1.58. The highest BCUT2D eigenvalue weighted by molar-refractivity contribution is 6.31. The molecule has 0 radical (unpaired) electrons. The molecule has 11 heteroatoms. The lowest BCUT2D eigenvalue weighted by molar-refractivity contribution is -0.119. The number of hydrogen-bond acceptors (Lipinski definition) is 5. The van der Waals surface area contributed by atoms with Crippen LogP contribution in [-0.2, 0) is 11.3 Å². The smallest absolute Gasteiger partial charge is 0.255 e. The van der Waals surface area contributed by atoms with Gasteiger partial charge in [0.25, 0.3) is 17.4 Å². The maximum Gasteiger partial charge on any atom is 0.255 e. The van der Waals surface area contributed by atoms with E-state index in [0.29, 0.717) is 21.8 Å². The van der Waals surface area contributed by atoms with Crippen LogP contribution in [0.25, 0.3) is 5.69 Å². The highest BCUT2D eigenvalue weighted by Crippen LogP contribution is 2.22. The number of nitrogen functional groups attached to an aromatic ring is 1. The zero-order valence-electron chi connectivity index (χ0n) is 17.2. The third-order valence-electron chi connectivity index (χ3n) is 4.43. The Morgan fingerprint density at radius 3 is 2.48 bits per heavy atom. The first kappa shape index (κ1) is 25.4. The molecule has 3 rings (SSSR count). The van der Waals surface area contributed by atoms with Gasteiger partial charge in [-0.25, -0.2) is 0 Å². The molecule has 1 heterocycles. The molecule has 0 saturated carbocycles. The van der Waals surface area contributed by atoms with Crippen LogP contribution >= 0.6 is 24.0 Å². The second kappa shape index (κ2) is 11.2. The fraction of sp³-hybridized carbons (Fsp3) is 0.0909. The number of ether oxygens (including phenoxy) is 1. The van der Waals surface area contributed by atoms with Gasteiger partial charge in [-0.05, 0) is 30.3 Å². The van der Waals surface area contributed by atoms with Crippen molar-refractivity contribution >= 4 is 41.7 Å².